The summed E-state index contributed by atoms with van der Waals surface area (Å²) < 4.78 is 0. The van der Waals surface area contributed by atoms with Gasteiger partial charge in [-0.05, 0) is 44.4 Å². The monoisotopic (exact) mass is 263 g/mol. The lowest BCUT2D eigenvalue weighted by molar-refractivity contribution is -0.140. The summed E-state index contributed by atoms with van der Waals surface area (Å²) in [5.41, 5.74) is 0. The van der Waals surface area contributed by atoms with Crippen LogP contribution in [-0.4, -0.2) is 34.5 Å². The van der Waals surface area contributed by atoms with Gasteiger partial charge in [0.1, 0.15) is 0 Å². The molecule has 1 aliphatic heterocycles. The molecule has 0 aromatic rings. The van der Waals surface area contributed by atoms with E-state index in [1.807, 2.05) is 12.2 Å². The molecule has 0 radical (unpaired) electrons. The normalized spacial score (nSPS) is 38.7. The first-order valence-electron chi connectivity index (χ1n) is 7.35. The van der Waals surface area contributed by atoms with E-state index in [-0.39, 0.29) is 29.8 Å². The zero-order chi connectivity index (χ0) is 13.4. The Kier molecular flexibility index (Phi) is 3.44. The van der Waals surface area contributed by atoms with E-state index in [1.54, 1.807) is 0 Å². The number of hydrogen-bond donors (Lipinski definition) is 1. The summed E-state index contributed by atoms with van der Waals surface area (Å²) in [4.78, 5) is 26.1. The Morgan fingerprint density at radius 2 is 1.53 bits per heavy atom. The summed E-state index contributed by atoms with van der Waals surface area (Å²) in [6.07, 6.45) is 8.74. The van der Waals surface area contributed by atoms with Gasteiger partial charge in [-0.15, -0.1) is 0 Å². The van der Waals surface area contributed by atoms with Crippen LogP contribution >= 0.6 is 0 Å². The SMILES string of the molecule is O=C1[C@H]2CC=CC[C@H]2C(=O)N1CC1CCC(O)CC1. The van der Waals surface area contributed by atoms with Gasteiger partial charge in [0, 0.05) is 6.54 Å². The van der Waals surface area contributed by atoms with Gasteiger partial charge in [0.2, 0.25) is 11.8 Å². The lowest BCUT2D eigenvalue weighted by Gasteiger charge is -2.28. The number of nitrogens with zero attached hydrogens (tertiary/aromatic N) is 1. The van der Waals surface area contributed by atoms with Gasteiger partial charge in [-0.1, -0.05) is 12.2 Å². The molecule has 4 nitrogen and oxygen atoms in total. The highest BCUT2D eigenvalue weighted by Crippen LogP contribution is 2.36. The number of fused-ring (bicyclic) bond motifs is 1. The first-order chi connectivity index (χ1) is 9.16. The summed E-state index contributed by atoms with van der Waals surface area (Å²) in [5.74, 6) is 0.235. The largest absolute Gasteiger partial charge is 0.393 e. The Morgan fingerprint density at radius 3 is 2.05 bits per heavy atom. The fraction of sp³-hybridized carbons (Fsp3) is 0.733. The number of likely N-dealkylation sites (tertiary alicyclic amines) is 1. The van der Waals surface area contributed by atoms with E-state index in [2.05, 4.69) is 0 Å². The van der Waals surface area contributed by atoms with Gasteiger partial charge in [0.15, 0.2) is 0 Å². The average molecular weight is 263 g/mol. The topological polar surface area (TPSA) is 57.6 Å². The number of hydrogen-bond acceptors (Lipinski definition) is 3. The molecule has 3 aliphatic rings. The Morgan fingerprint density at radius 1 is 1.00 bits per heavy atom. The van der Waals surface area contributed by atoms with Crippen LogP contribution in [0.1, 0.15) is 38.5 Å². The molecule has 1 heterocycles. The van der Waals surface area contributed by atoms with E-state index in [0.717, 1.165) is 38.5 Å². The van der Waals surface area contributed by atoms with Gasteiger partial charge >= 0.3 is 0 Å². The Bertz CT molecular complexity index is 384. The zero-order valence-corrected chi connectivity index (χ0v) is 11.1. The predicted octanol–water partition coefficient (Wildman–Crippen LogP) is 1.49. The molecule has 0 bridgehead atoms. The Labute approximate surface area is 113 Å². The zero-order valence-electron chi connectivity index (χ0n) is 11.1. The summed E-state index contributed by atoms with van der Waals surface area (Å²) in [6, 6.07) is 0. The molecule has 0 aromatic heterocycles. The molecule has 0 unspecified atom stereocenters. The van der Waals surface area contributed by atoms with E-state index in [1.165, 1.54) is 4.90 Å². The van der Waals surface area contributed by atoms with Crippen molar-refractivity contribution in [2.45, 2.75) is 44.6 Å². The molecule has 104 valence electrons. The number of rotatable bonds is 2. The van der Waals surface area contributed by atoms with Crippen LogP contribution in [0.15, 0.2) is 12.2 Å². The molecule has 1 saturated heterocycles. The maximum atomic E-state index is 12.3. The predicted molar refractivity (Wildman–Crippen MR) is 70.0 cm³/mol. The second-order valence-corrected chi connectivity index (χ2v) is 6.12. The Balaban J connectivity index is 1.65. The van der Waals surface area contributed by atoms with E-state index < -0.39 is 0 Å². The first kappa shape index (κ1) is 12.9. The maximum absolute atomic E-state index is 12.3. The van der Waals surface area contributed by atoms with E-state index in [4.69, 9.17) is 0 Å². The smallest absolute Gasteiger partial charge is 0.233 e. The first-order valence-corrected chi connectivity index (χ1v) is 7.35. The average Bonchev–Trinajstić information content (AvgIpc) is 2.67. The third-order valence-corrected chi connectivity index (χ3v) is 4.86. The van der Waals surface area contributed by atoms with Crippen molar-refractivity contribution >= 4 is 11.8 Å². The molecule has 0 aromatic carbocycles. The number of allylic oxidation sites excluding steroid dienone is 2. The maximum Gasteiger partial charge on any atom is 0.233 e. The molecule has 2 atom stereocenters. The minimum atomic E-state index is -0.187. The van der Waals surface area contributed by atoms with E-state index >= 15 is 0 Å². The number of aliphatic hydroxyl groups is 1. The number of carbonyl (C=O) groups is 2. The summed E-state index contributed by atoms with van der Waals surface area (Å²) >= 11 is 0. The lowest BCUT2D eigenvalue weighted by atomic mass is 9.85. The Hall–Kier alpha value is -1.16. The number of aliphatic hydroxyl groups excluding tert-OH is 1. The molecule has 1 saturated carbocycles. The van der Waals surface area contributed by atoms with Gasteiger partial charge < -0.3 is 5.11 Å². The highest BCUT2D eigenvalue weighted by atomic mass is 16.3. The van der Waals surface area contributed by atoms with Crippen LogP contribution in [0.25, 0.3) is 0 Å². The van der Waals surface area contributed by atoms with E-state index in [0.29, 0.717) is 12.5 Å². The third kappa shape index (κ3) is 2.34. The standard InChI is InChI=1S/C15H21NO3/c17-11-7-5-10(6-8-11)9-16-14(18)12-3-1-2-4-13(12)15(16)19/h1-2,10-13,17H,3-9H2/t10?,11?,12-,13+. The second-order valence-electron chi connectivity index (χ2n) is 6.12. The molecular formula is C15H21NO3. The van der Waals surface area contributed by atoms with Crippen LogP contribution in [-0.2, 0) is 9.59 Å². The van der Waals surface area contributed by atoms with Crippen LogP contribution in [0.2, 0.25) is 0 Å². The molecule has 4 heteroatoms. The van der Waals surface area contributed by atoms with Crippen LogP contribution in [0.3, 0.4) is 0 Å². The molecule has 19 heavy (non-hydrogen) atoms. The molecule has 1 N–H and O–H groups in total. The summed E-state index contributed by atoms with van der Waals surface area (Å²) in [5, 5.41) is 9.50. The second kappa shape index (κ2) is 5.08. The number of imide groups is 1. The van der Waals surface area contributed by atoms with Crippen LogP contribution in [0.4, 0.5) is 0 Å². The van der Waals surface area contributed by atoms with Crippen molar-refractivity contribution in [1.82, 2.24) is 4.90 Å². The van der Waals surface area contributed by atoms with Crippen molar-refractivity contribution in [3.63, 3.8) is 0 Å². The number of amides is 2. The van der Waals surface area contributed by atoms with Gasteiger partial charge in [-0.2, -0.15) is 0 Å². The molecule has 3 rings (SSSR count). The number of carbonyl (C=O) groups excluding carboxylic acids is 2. The van der Waals surface area contributed by atoms with Gasteiger partial charge in [0.25, 0.3) is 0 Å². The van der Waals surface area contributed by atoms with Gasteiger partial charge in [-0.25, -0.2) is 0 Å². The van der Waals surface area contributed by atoms with Gasteiger partial charge in [-0.3, -0.25) is 14.5 Å². The summed E-state index contributed by atoms with van der Waals surface area (Å²) in [6.45, 7) is 0.567. The van der Waals surface area contributed by atoms with Crippen molar-refractivity contribution < 1.29 is 14.7 Å². The van der Waals surface area contributed by atoms with Crippen LogP contribution in [0.5, 0.6) is 0 Å². The van der Waals surface area contributed by atoms with Crippen molar-refractivity contribution in [3.8, 4) is 0 Å². The van der Waals surface area contributed by atoms with Gasteiger partial charge in [0.05, 0.1) is 17.9 Å². The molecular weight excluding hydrogens is 242 g/mol. The van der Waals surface area contributed by atoms with Crippen molar-refractivity contribution in [3.05, 3.63) is 12.2 Å². The molecule has 2 fully saturated rings. The third-order valence-electron chi connectivity index (χ3n) is 4.86. The molecule has 2 aliphatic carbocycles. The fourth-order valence-electron chi connectivity index (χ4n) is 3.63. The lowest BCUT2D eigenvalue weighted by Crippen LogP contribution is -2.37. The van der Waals surface area contributed by atoms with Crippen LogP contribution < -0.4 is 0 Å². The minimum Gasteiger partial charge on any atom is -0.393 e. The van der Waals surface area contributed by atoms with Crippen LogP contribution in [0, 0.1) is 17.8 Å². The quantitative estimate of drug-likeness (QED) is 0.606. The fourth-order valence-corrected chi connectivity index (χ4v) is 3.63. The molecule has 0 spiro atoms. The van der Waals surface area contributed by atoms with Crippen molar-refractivity contribution in [2.24, 2.45) is 17.8 Å². The van der Waals surface area contributed by atoms with E-state index in [9.17, 15) is 14.7 Å². The molecule has 2 amide bonds. The highest BCUT2D eigenvalue weighted by molar-refractivity contribution is 6.05. The van der Waals surface area contributed by atoms with Crippen molar-refractivity contribution in [1.29, 1.82) is 0 Å². The highest BCUT2D eigenvalue weighted by Gasteiger charge is 2.47. The summed E-state index contributed by atoms with van der Waals surface area (Å²) in [7, 11) is 0. The van der Waals surface area contributed by atoms with Crippen molar-refractivity contribution in [2.75, 3.05) is 6.54 Å². The minimum absolute atomic E-state index is 0.0328.